The zero-order valence-electron chi connectivity index (χ0n) is 9.32. The van der Waals surface area contributed by atoms with Crippen molar-refractivity contribution in [3.8, 4) is 0 Å². The van der Waals surface area contributed by atoms with Gasteiger partial charge in [-0.15, -0.1) is 0 Å². The van der Waals surface area contributed by atoms with E-state index >= 15 is 0 Å². The third kappa shape index (κ3) is 2.30. The van der Waals surface area contributed by atoms with Gasteiger partial charge in [-0.2, -0.15) is 17.0 Å². The fourth-order valence-corrected chi connectivity index (χ4v) is 4.21. The molecule has 2 aliphatic heterocycles. The second-order valence-corrected chi connectivity index (χ2v) is 6.31. The summed E-state index contributed by atoms with van der Waals surface area (Å²) in [6, 6.07) is -1.14. The summed E-state index contributed by atoms with van der Waals surface area (Å²) in [4.78, 5) is 11.0. The summed E-state index contributed by atoms with van der Waals surface area (Å²) in [7, 11) is -3.74. The lowest BCUT2D eigenvalue weighted by Crippen LogP contribution is -2.47. The highest BCUT2D eigenvalue weighted by atomic mass is 32.2. The average molecular weight is 264 g/mol. The van der Waals surface area contributed by atoms with E-state index in [9.17, 15) is 18.3 Å². The first-order chi connectivity index (χ1) is 7.93. The molecule has 0 amide bonds. The molecule has 8 heteroatoms. The van der Waals surface area contributed by atoms with Gasteiger partial charge in [0.25, 0.3) is 10.2 Å². The van der Waals surface area contributed by atoms with Gasteiger partial charge < -0.3 is 10.2 Å². The van der Waals surface area contributed by atoms with Gasteiger partial charge in [-0.05, 0) is 12.8 Å². The molecule has 0 saturated carbocycles. The Balaban J connectivity index is 2.22. The van der Waals surface area contributed by atoms with E-state index in [0.29, 0.717) is 13.1 Å². The molecule has 0 bridgehead atoms. The summed E-state index contributed by atoms with van der Waals surface area (Å²) < 4.78 is 26.5. The Hall–Kier alpha value is -0.700. The van der Waals surface area contributed by atoms with Crippen molar-refractivity contribution < 1.29 is 23.4 Å². The van der Waals surface area contributed by atoms with E-state index in [1.165, 1.54) is 4.31 Å². The van der Waals surface area contributed by atoms with Crippen LogP contribution in [0.3, 0.4) is 0 Å². The van der Waals surface area contributed by atoms with E-state index in [2.05, 4.69) is 0 Å². The maximum absolute atomic E-state index is 12.2. The standard InChI is InChI=1S/C9H16N2O5S/c12-7-5-8(9(13)14)11(6-7)17(15,16)10-3-1-2-4-10/h7-8,12H,1-6H2,(H,13,14)/t7-,8+/m1/s1. The molecule has 2 saturated heterocycles. The van der Waals surface area contributed by atoms with Gasteiger partial charge in [0, 0.05) is 26.1 Å². The van der Waals surface area contributed by atoms with Crippen molar-refractivity contribution in [3.63, 3.8) is 0 Å². The highest BCUT2D eigenvalue weighted by Crippen LogP contribution is 2.26. The summed E-state index contributed by atoms with van der Waals surface area (Å²) in [6.45, 7) is 0.734. The van der Waals surface area contributed by atoms with Crippen molar-refractivity contribution in [1.29, 1.82) is 0 Å². The lowest BCUT2D eigenvalue weighted by Gasteiger charge is -2.26. The first-order valence-electron chi connectivity index (χ1n) is 5.60. The van der Waals surface area contributed by atoms with Crippen molar-refractivity contribution in [2.45, 2.75) is 31.4 Å². The zero-order valence-corrected chi connectivity index (χ0v) is 10.1. The molecule has 2 rings (SSSR count). The Labute approximate surface area is 99.8 Å². The molecule has 2 N–H and O–H groups in total. The number of hydrogen-bond acceptors (Lipinski definition) is 4. The molecule has 2 heterocycles. The molecule has 0 aliphatic carbocycles. The van der Waals surface area contributed by atoms with Crippen molar-refractivity contribution in [3.05, 3.63) is 0 Å². The number of aliphatic hydroxyl groups is 1. The van der Waals surface area contributed by atoms with Crippen LogP contribution >= 0.6 is 0 Å². The van der Waals surface area contributed by atoms with E-state index in [-0.39, 0.29) is 13.0 Å². The van der Waals surface area contributed by atoms with Gasteiger partial charge >= 0.3 is 5.97 Å². The number of hydrogen-bond donors (Lipinski definition) is 2. The Morgan fingerprint density at radius 2 is 1.82 bits per heavy atom. The van der Waals surface area contributed by atoms with Crippen LogP contribution < -0.4 is 0 Å². The molecule has 0 aromatic rings. The van der Waals surface area contributed by atoms with Crippen LogP contribution in [0.2, 0.25) is 0 Å². The number of aliphatic carboxylic acids is 1. The smallest absolute Gasteiger partial charge is 0.322 e. The van der Waals surface area contributed by atoms with Gasteiger partial charge in [-0.3, -0.25) is 4.79 Å². The molecule has 0 aromatic heterocycles. The lowest BCUT2D eigenvalue weighted by atomic mass is 10.2. The number of β-amino-alcohol motifs (C(OH)–C–C–N with tert-alkyl or cyclic N) is 1. The quantitative estimate of drug-likeness (QED) is 0.670. The van der Waals surface area contributed by atoms with Crippen molar-refractivity contribution in [2.24, 2.45) is 0 Å². The summed E-state index contributed by atoms with van der Waals surface area (Å²) in [5, 5.41) is 18.4. The van der Waals surface area contributed by atoms with Crippen LogP contribution in [0.25, 0.3) is 0 Å². The Morgan fingerprint density at radius 1 is 1.24 bits per heavy atom. The molecular weight excluding hydrogens is 248 g/mol. The first kappa shape index (κ1) is 12.7. The van der Waals surface area contributed by atoms with Gasteiger partial charge in [-0.25, -0.2) is 0 Å². The number of carbonyl (C=O) groups is 1. The lowest BCUT2D eigenvalue weighted by molar-refractivity contribution is -0.140. The average Bonchev–Trinajstić information content (AvgIpc) is 2.84. The predicted octanol–water partition coefficient (Wildman–Crippen LogP) is -1.15. The molecule has 0 radical (unpaired) electrons. The number of carboxylic acids is 1. The minimum absolute atomic E-state index is 0.0393. The molecule has 0 spiro atoms. The first-order valence-corrected chi connectivity index (χ1v) is 7.00. The van der Waals surface area contributed by atoms with E-state index in [1.54, 1.807) is 0 Å². The highest BCUT2D eigenvalue weighted by molar-refractivity contribution is 7.86. The van der Waals surface area contributed by atoms with Crippen LogP contribution in [0.1, 0.15) is 19.3 Å². The largest absolute Gasteiger partial charge is 0.480 e. The van der Waals surface area contributed by atoms with Crippen molar-refractivity contribution in [2.75, 3.05) is 19.6 Å². The normalized spacial score (nSPS) is 32.1. The van der Waals surface area contributed by atoms with Crippen molar-refractivity contribution >= 4 is 16.2 Å². The zero-order chi connectivity index (χ0) is 12.6. The second-order valence-electron chi connectivity index (χ2n) is 4.43. The number of rotatable bonds is 3. The van der Waals surface area contributed by atoms with E-state index in [0.717, 1.165) is 17.1 Å². The molecule has 0 aromatic carbocycles. The number of carboxylic acid groups (broad SMARTS) is 1. The highest BCUT2D eigenvalue weighted by Gasteiger charge is 2.45. The van der Waals surface area contributed by atoms with Gasteiger partial charge in [0.05, 0.1) is 6.10 Å². The predicted molar refractivity (Wildman–Crippen MR) is 58.5 cm³/mol. The molecule has 7 nitrogen and oxygen atoms in total. The van der Waals surface area contributed by atoms with Crippen LogP contribution in [0.15, 0.2) is 0 Å². The summed E-state index contributed by atoms with van der Waals surface area (Å²) >= 11 is 0. The van der Waals surface area contributed by atoms with Gasteiger partial charge in [0.1, 0.15) is 6.04 Å². The summed E-state index contributed by atoms with van der Waals surface area (Å²) in [6.07, 6.45) is 0.664. The second kappa shape index (κ2) is 4.52. The van der Waals surface area contributed by atoms with Gasteiger partial charge in [-0.1, -0.05) is 0 Å². The Morgan fingerprint density at radius 3 is 2.35 bits per heavy atom. The minimum atomic E-state index is -3.74. The Bertz CT molecular complexity index is 404. The third-order valence-electron chi connectivity index (χ3n) is 3.21. The SMILES string of the molecule is O=C(O)[C@@H]1C[C@@H](O)CN1S(=O)(=O)N1CCCC1. The summed E-state index contributed by atoms with van der Waals surface area (Å²) in [5.74, 6) is -1.20. The number of nitrogens with zero attached hydrogens (tertiary/aromatic N) is 2. The van der Waals surface area contributed by atoms with Crippen LogP contribution in [-0.2, 0) is 15.0 Å². The van der Waals surface area contributed by atoms with Gasteiger partial charge in [0.2, 0.25) is 0 Å². The van der Waals surface area contributed by atoms with E-state index in [4.69, 9.17) is 5.11 Å². The fraction of sp³-hybridized carbons (Fsp3) is 0.889. The topological polar surface area (TPSA) is 98.1 Å². The molecule has 17 heavy (non-hydrogen) atoms. The molecule has 0 unspecified atom stereocenters. The Kier molecular flexibility index (Phi) is 3.39. The maximum Gasteiger partial charge on any atom is 0.322 e. The van der Waals surface area contributed by atoms with E-state index < -0.39 is 28.3 Å². The molecule has 2 aliphatic rings. The fourth-order valence-electron chi connectivity index (χ4n) is 2.33. The third-order valence-corrected chi connectivity index (χ3v) is 5.22. The summed E-state index contributed by atoms with van der Waals surface area (Å²) in [5.41, 5.74) is 0. The minimum Gasteiger partial charge on any atom is -0.480 e. The molecular formula is C9H16N2O5S. The van der Waals surface area contributed by atoms with Crippen LogP contribution in [0.4, 0.5) is 0 Å². The molecule has 98 valence electrons. The molecule has 2 fully saturated rings. The number of aliphatic hydroxyl groups excluding tert-OH is 1. The van der Waals surface area contributed by atoms with Crippen LogP contribution in [-0.4, -0.2) is 65.0 Å². The van der Waals surface area contributed by atoms with Crippen LogP contribution in [0.5, 0.6) is 0 Å². The maximum atomic E-state index is 12.2. The van der Waals surface area contributed by atoms with Crippen LogP contribution in [0, 0.1) is 0 Å². The monoisotopic (exact) mass is 264 g/mol. The van der Waals surface area contributed by atoms with Gasteiger partial charge in [0.15, 0.2) is 0 Å². The van der Waals surface area contributed by atoms with E-state index in [1.807, 2.05) is 0 Å². The van der Waals surface area contributed by atoms with Crippen molar-refractivity contribution in [1.82, 2.24) is 8.61 Å². The molecule has 2 atom stereocenters.